The van der Waals surface area contributed by atoms with Crippen molar-refractivity contribution in [3.63, 3.8) is 0 Å². The third-order valence-corrected chi connectivity index (χ3v) is 4.21. The average Bonchev–Trinajstić information content (AvgIpc) is 2.49. The Morgan fingerprint density at radius 2 is 2.15 bits per heavy atom. The summed E-state index contributed by atoms with van der Waals surface area (Å²) in [6, 6.07) is 1.85. The van der Waals surface area contributed by atoms with E-state index in [0.717, 1.165) is 31.4 Å². The standard InChI is InChI=1S/C15H18ClNO3/c16-13-7-11(6-10-2-1-3-17-8-10)14-15(12(13)9-18)20-5-4-19-14/h7,9-10,17H,1-6,8H2. The van der Waals surface area contributed by atoms with Crippen LogP contribution in [-0.2, 0) is 6.42 Å². The fourth-order valence-electron chi connectivity index (χ4n) is 2.93. The van der Waals surface area contributed by atoms with Crippen LogP contribution in [0.3, 0.4) is 0 Å². The molecule has 20 heavy (non-hydrogen) atoms. The van der Waals surface area contributed by atoms with Gasteiger partial charge in [0.1, 0.15) is 13.2 Å². The van der Waals surface area contributed by atoms with Gasteiger partial charge in [-0.2, -0.15) is 0 Å². The first-order valence-corrected chi connectivity index (χ1v) is 7.44. The van der Waals surface area contributed by atoms with Gasteiger partial charge in [-0.3, -0.25) is 4.79 Å². The Labute approximate surface area is 123 Å². The third kappa shape index (κ3) is 2.63. The zero-order valence-electron chi connectivity index (χ0n) is 11.3. The molecule has 1 fully saturated rings. The number of carbonyl (C=O) groups is 1. The topological polar surface area (TPSA) is 47.6 Å². The molecule has 1 aromatic carbocycles. The maximum absolute atomic E-state index is 11.2. The van der Waals surface area contributed by atoms with Gasteiger partial charge in [0.2, 0.25) is 0 Å². The summed E-state index contributed by atoms with van der Waals surface area (Å²) >= 11 is 6.20. The lowest BCUT2D eigenvalue weighted by atomic mass is 9.91. The molecule has 1 atom stereocenters. The Balaban J connectivity index is 1.93. The molecular weight excluding hydrogens is 278 g/mol. The number of nitrogens with one attached hydrogen (secondary N) is 1. The van der Waals surface area contributed by atoms with Gasteiger partial charge in [-0.15, -0.1) is 0 Å². The number of halogens is 1. The van der Waals surface area contributed by atoms with Crippen LogP contribution in [0.2, 0.25) is 5.02 Å². The molecule has 4 nitrogen and oxygen atoms in total. The van der Waals surface area contributed by atoms with E-state index in [1.54, 1.807) is 0 Å². The summed E-state index contributed by atoms with van der Waals surface area (Å²) < 4.78 is 11.3. The number of hydrogen-bond acceptors (Lipinski definition) is 4. The molecule has 0 radical (unpaired) electrons. The van der Waals surface area contributed by atoms with Crippen LogP contribution >= 0.6 is 11.6 Å². The van der Waals surface area contributed by atoms with Crippen molar-refractivity contribution in [3.8, 4) is 11.5 Å². The van der Waals surface area contributed by atoms with E-state index in [1.165, 1.54) is 12.8 Å². The average molecular weight is 296 g/mol. The van der Waals surface area contributed by atoms with Gasteiger partial charge in [-0.05, 0) is 49.9 Å². The van der Waals surface area contributed by atoms with Crippen LogP contribution < -0.4 is 14.8 Å². The molecule has 108 valence electrons. The number of aldehydes is 1. The van der Waals surface area contributed by atoms with Crippen molar-refractivity contribution in [1.29, 1.82) is 0 Å². The Kier molecular flexibility index (Phi) is 4.13. The second-order valence-corrected chi connectivity index (χ2v) is 5.73. The normalized spacial score (nSPS) is 21.6. The molecule has 2 aliphatic heterocycles. The molecule has 2 heterocycles. The lowest BCUT2D eigenvalue weighted by molar-refractivity contribution is 0.111. The van der Waals surface area contributed by atoms with Gasteiger partial charge in [0, 0.05) is 0 Å². The van der Waals surface area contributed by atoms with Crippen LogP contribution in [0.1, 0.15) is 28.8 Å². The van der Waals surface area contributed by atoms with E-state index in [0.29, 0.717) is 41.2 Å². The number of benzene rings is 1. The first kappa shape index (κ1) is 13.7. The summed E-state index contributed by atoms with van der Waals surface area (Å²) in [4.78, 5) is 11.2. The zero-order valence-corrected chi connectivity index (χ0v) is 12.0. The first-order chi connectivity index (χ1) is 9.79. The molecule has 0 spiro atoms. The fraction of sp³-hybridized carbons (Fsp3) is 0.533. The van der Waals surface area contributed by atoms with E-state index < -0.39 is 0 Å². The predicted molar refractivity (Wildman–Crippen MR) is 77.1 cm³/mol. The van der Waals surface area contributed by atoms with Crippen molar-refractivity contribution in [2.75, 3.05) is 26.3 Å². The zero-order chi connectivity index (χ0) is 13.9. The summed E-state index contributed by atoms with van der Waals surface area (Å²) in [6.45, 7) is 3.09. The third-order valence-electron chi connectivity index (χ3n) is 3.90. The highest BCUT2D eigenvalue weighted by Gasteiger charge is 2.25. The molecule has 3 rings (SSSR count). The second-order valence-electron chi connectivity index (χ2n) is 5.32. The van der Waals surface area contributed by atoms with Crippen LogP contribution in [-0.4, -0.2) is 32.6 Å². The fourth-order valence-corrected chi connectivity index (χ4v) is 3.19. The SMILES string of the molecule is O=Cc1c(Cl)cc(CC2CCCNC2)c2c1OCCO2. The van der Waals surface area contributed by atoms with Crippen LogP contribution in [0.5, 0.6) is 11.5 Å². The van der Waals surface area contributed by atoms with Gasteiger partial charge in [-0.25, -0.2) is 0 Å². The van der Waals surface area contributed by atoms with E-state index in [9.17, 15) is 4.79 Å². The Hall–Kier alpha value is -1.26. The maximum Gasteiger partial charge on any atom is 0.173 e. The summed E-state index contributed by atoms with van der Waals surface area (Å²) in [5.74, 6) is 1.79. The van der Waals surface area contributed by atoms with Gasteiger partial charge in [0.15, 0.2) is 17.8 Å². The highest BCUT2D eigenvalue weighted by Crippen LogP contribution is 2.41. The molecule has 0 aliphatic carbocycles. The van der Waals surface area contributed by atoms with Crippen LogP contribution in [0.15, 0.2) is 6.07 Å². The van der Waals surface area contributed by atoms with Gasteiger partial charge < -0.3 is 14.8 Å². The lowest BCUT2D eigenvalue weighted by Crippen LogP contribution is -2.31. The quantitative estimate of drug-likeness (QED) is 0.870. The smallest absolute Gasteiger partial charge is 0.173 e. The number of fused-ring (bicyclic) bond motifs is 1. The molecule has 0 bridgehead atoms. The molecule has 0 amide bonds. The first-order valence-electron chi connectivity index (χ1n) is 7.06. The molecule has 5 heteroatoms. The predicted octanol–water partition coefficient (Wildman–Crippen LogP) is 2.47. The minimum absolute atomic E-state index is 0.395. The van der Waals surface area contributed by atoms with E-state index in [4.69, 9.17) is 21.1 Å². The number of carbonyl (C=O) groups excluding carboxylic acids is 1. The molecule has 1 saturated heterocycles. The summed E-state index contributed by atoms with van der Waals surface area (Å²) in [5.41, 5.74) is 1.44. The van der Waals surface area contributed by atoms with Gasteiger partial charge in [-0.1, -0.05) is 11.6 Å². The number of ether oxygens (including phenoxy) is 2. The molecular formula is C15H18ClNO3. The van der Waals surface area contributed by atoms with E-state index >= 15 is 0 Å². The minimum Gasteiger partial charge on any atom is -0.486 e. The van der Waals surface area contributed by atoms with Crippen LogP contribution in [0.25, 0.3) is 0 Å². The van der Waals surface area contributed by atoms with Crippen molar-refractivity contribution in [2.45, 2.75) is 19.3 Å². The summed E-state index contributed by atoms with van der Waals surface area (Å²) in [7, 11) is 0. The molecule has 1 aromatic rings. The lowest BCUT2D eigenvalue weighted by Gasteiger charge is -2.27. The van der Waals surface area contributed by atoms with Crippen molar-refractivity contribution in [3.05, 3.63) is 22.2 Å². The highest BCUT2D eigenvalue weighted by molar-refractivity contribution is 6.33. The van der Waals surface area contributed by atoms with Crippen LogP contribution in [0.4, 0.5) is 0 Å². The molecule has 0 aromatic heterocycles. The molecule has 0 saturated carbocycles. The highest BCUT2D eigenvalue weighted by atomic mass is 35.5. The number of rotatable bonds is 3. The largest absolute Gasteiger partial charge is 0.486 e. The summed E-state index contributed by atoms with van der Waals surface area (Å²) in [5, 5.41) is 3.86. The maximum atomic E-state index is 11.2. The van der Waals surface area contributed by atoms with Crippen molar-refractivity contribution >= 4 is 17.9 Å². The van der Waals surface area contributed by atoms with Gasteiger partial charge in [0.25, 0.3) is 0 Å². The number of piperidine rings is 1. The van der Waals surface area contributed by atoms with Crippen molar-refractivity contribution in [1.82, 2.24) is 5.32 Å². The van der Waals surface area contributed by atoms with Crippen molar-refractivity contribution < 1.29 is 14.3 Å². The van der Waals surface area contributed by atoms with Crippen LogP contribution in [0, 0.1) is 5.92 Å². The minimum atomic E-state index is 0.395. The second kappa shape index (κ2) is 6.02. The Bertz CT molecular complexity index is 512. The molecule has 1 N–H and O–H groups in total. The van der Waals surface area contributed by atoms with Gasteiger partial charge in [0.05, 0.1) is 10.6 Å². The van der Waals surface area contributed by atoms with E-state index in [2.05, 4.69) is 5.32 Å². The monoisotopic (exact) mass is 295 g/mol. The Morgan fingerprint density at radius 3 is 2.85 bits per heavy atom. The number of hydrogen-bond donors (Lipinski definition) is 1. The Morgan fingerprint density at radius 1 is 1.35 bits per heavy atom. The van der Waals surface area contributed by atoms with Gasteiger partial charge >= 0.3 is 0 Å². The van der Waals surface area contributed by atoms with Crippen molar-refractivity contribution in [2.24, 2.45) is 5.92 Å². The molecule has 2 aliphatic rings. The van der Waals surface area contributed by atoms with E-state index in [-0.39, 0.29) is 0 Å². The molecule has 1 unspecified atom stereocenters. The van der Waals surface area contributed by atoms with E-state index in [1.807, 2.05) is 6.07 Å². The summed E-state index contributed by atoms with van der Waals surface area (Å²) in [6.07, 6.45) is 4.04.